The summed E-state index contributed by atoms with van der Waals surface area (Å²) in [5.41, 5.74) is 1.46. The van der Waals surface area contributed by atoms with E-state index < -0.39 is 0 Å². The van der Waals surface area contributed by atoms with Crippen LogP contribution in [0, 0.1) is 0 Å². The van der Waals surface area contributed by atoms with Crippen molar-refractivity contribution in [3.63, 3.8) is 0 Å². The maximum absolute atomic E-state index is 12.4. The number of amides is 1. The van der Waals surface area contributed by atoms with Crippen LogP contribution in [0.3, 0.4) is 0 Å². The van der Waals surface area contributed by atoms with Gasteiger partial charge >= 0.3 is 0 Å². The Bertz CT molecular complexity index is 421. The van der Waals surface area contributed by atoms with Gasteiger partial charge in [-0.05, 0) is 6.92 Å². The van der Waals surface area contributed by atoms with E-state index in [0.717, 1.165) is 5.71 Å². The van der Waals surface area contributed by atoms with Gasteiger partial charge in [0.25, 0.3) is 5.91 Å². The van der Waals surface area contributed by atoms with E-state index in [9.17, 15) is 4.79 Å². The van der Waals surface area contributed by atoms with Crippen LogP contribution < -0.4 is 0 Å². The third kappa shape index (κ3) is 4.22. The highest BCUT2D eigenvalue weighted by Gasteiger charge is 2.26. The van der Waals surface area contributed by atoms with Gasteiger partial charge in [0, 0.05) is 25.9 Å². The lowest BCUT2D eigenvalue weighted by atomic mass is 10.1. The molecule has 0 aromatic rings. The molecule has 1 saturated heterocycles. The van der Waals surface area contributed by atoms with Crippen molar-refractivity contribution in [2.45, 2.75) is 19.8 Å². The third-order valence-corrected chi connectivity index (χ3v) is 2.80. The van der Waals surface area contributed by atoms with E-state index in [0.29, 0.717) is 31.6 Å². The standard InChI is InChI=1S/C12H20N4O4/c1-9(13-18-2)11(15-20-4)12(17)16-7-5-10(6-8-16)14-19-3/h5-8H2,1-4H3/b13-9+,15-11+. The van der Waals surface area contributed by atoms with Crippen LogP contribution in [0.4, 0.5) is 0 Å². The second kappa shape index (κ2) is 8.13. The quantitative estimate of drug-likeness (QED) is 0.547. The van der Waals surface area contributed by atoms with Gasteiger partial charge in [0.1, 0.15) is 27.0 Å². The summed E-state index contributed by atoms with van der Waals surface area (Å²) in [5, 5.41) is 11.4. The highest BCUT2D eigenvalue weighted by Crippen LogP contribution is 2.09. The highest BCUT2D eigenvalue weighted by molar-refractivity contribution is 6.66. The zero-order valence-electron chi connectivity index (χ0n) is 12.3. The molecular formula is C12H20N4O4. The van der Waals surface area contributed by atoms with Crippen LogP contribution in [-0.4, -0.2) is 62.4 Å². The van der Waals surface area contributed by atoms with E-state index >= 15 is 0 Å². The average Bonchev–Trinajstić information content (AvgIpc) is 2.45. The Balaban J connectivity index is 2.76. The number of piperidine rings is 1. The first-order valence-corrected chi connectivity index (χ1v) is 6.21. The van der Waals surface area contributed by atoms with Gasteiger partial charge in [-0.3, -0.25) is 4.79 Å². The van der Waals surface area contributed by atoms with Crippen molar-refractivity contribution in [2.75, 3.05) is 34.4 Å². The number of carbonyl (C=O) groups is 1. The predicted octanol–water partition coefficient (Wildman–Crippen LogP) is 0.636. The average molecular weight is 284 g/mol. The molecule has 1 rings (SSSR count). The van der Waals surface area contributed by atoms with Gasteiger partial charge in [-0.2, -0.15) is 0 Å². The van der Waals surface area contributed by atoms with Crippen molar-refractivity contribution in [3.8, 4) is 0 Å². The number of hydrogen-bond donors (Lipinski definition) is 0. The Morgan fingerprint density at radius 2 is 1.65 bits per heavy atom. The molecular weight excluding hydrogens is 264 g/mol. The third-order valence-electron chi connectivity index (χ3n) is 2.80. The van der Waals surface area contributed by atoms with E-state index in [-0.39, 0.29) is 11.6 Å². The molecule has 0 saturated carbocycles. The molecule has 1 heterocycles. The second-order valence-corrected chi connectivity index (χ2v) is 4.11. The van der Waals surface area contributed by atoms with Gasteiger partial charge in [-0.1, -0.05) is 15.5 Å². The number of oxime groups is 3. The Hall–Kier alpha value is -2.12. The van der Waals surface area contributed by atoms with Crippen molar-refractivity contribution in [1.82, 2.24) is 4.90 Å². The lowest BCUT2D eigenvalue weighted by molar-refractivity contribution is -0.124. The molecule has 0 aromatic heterocycles. The van der Waals surface area contributed by atoms with E-state index in [2.05, 4.69) is 20.3 Å². The Kier molecular flexibility index (Phi) is 6.48. The first kappa shape index (κ1) is 15.9. The Labute approximate surface area is 118 Å². The number of likely N-dealkylation sites (tertiary alicyclic amines) is 1. The van der Waals surface area contributed by atoms with Crippen LogP contribution in [0.25, 0.3) is 0 Å². The molecule has 0 atom stereocenters. The van der Waals surface area contributed by atoms with Gasteiger partial charge in [0.05, 0.1) is 5.71 Å². The van der Waals surface area contributed by atoms with Crippen LogP contribution >= 0.6 is 0 Å². The minimum atomic E-state index is -0.235. The zero-order chi connectivity index (χ0) is 15.0. The molecule has 1 fully saturated rings. The molecule has 1 aliphatic heterocycles. The highest BCUT2D eigenvalue weighted by atomic mass is 16.6. The minimum Gasteiger partial charge on any atom is -0.399 e. The van der Waals surface area contributed by atoms with Gasteiger partial charge in [-0.25, -0.2) is 0 Å². The molecule has 20 heavy (non-hydrogen) atoms. The van der Waals surface area contributed by atoms with E-state index in [1.807, 2.05) is 0 Å². The maximum Gasteiger partial charge on any atom is 0.277 e. The van der Waals surface area contributed by atoms with Crippen LogP contribution in [0.1, 0.15) is 19.8 Å². The van der Waals surface area contributed by atoms with Crippen molar-refractivity contribution in [3.05, 3.63) is 0 Å². The fourth-order valence-electron chi connectivity index (χ4n) is 1.87. The summed E-state index contributed by atoms with van der Waals surface area (Å²) in [4.78, 5) is 28.2. The van der Waals surface area contributed by atoms with Crippen LogP contribution in [0.5, 0.6) is 0 Å². The Morgan fingerprint density at radius 3 is 2.15 bits per heavy atom. The molecule has 8 heteroatoms. The fraction of sp³-hybridized carbons (Fsp3) is 0.667. The van der Waals surface area contributed by atoms with E-state index in [1.165, 1.54) is 21.3 Å². The van der Waals surface area contributed by atoms with Gasteiger partial charge in [-0.15, -0.1) is 0 Å². The predicted molar refractivity (Wildman–Crippen MR) is 74.8 cm³/mol. The monoisotopic (exact) mass is 284 g/mol. The van der Waals surface area contributed by atoms with Crippen molar-refractivity contribution >= 4 is 23.0 Å². The Morgan fingerprint density at radius 1 is 1.05 bits per heavy atom. The molecule has 0 aliphatic carbocycles. The summed E-state index contributed by atoms with van der Waals surface area (Å²) < 4.78 is 0. The van der Waals surface area contributed by atoms with Crippen molar-refractivity contribution in [1.29, 1.82) is 0 Å². The van der Waals surface area contributed by atoms with Gasteiger partial charge in [0.15, 0.2) is 5.71 Å². The summed E-state index contributed by atoms with van der Waals surface area (Å²) in [6, 6.07) is 0. The van der Waals surface area contributed by atoms with Crippen molar-refractivity contribution in [2.24, 2.45) is 15.5 Å². The lowest BCUT2D eigenvalue weighted by Crippen LogP contribution is -2.44. The lowest BCUT2D eigenvalue weighted by Gasteiger charge is -2.27. The summed E-state index contributed by atoms with van der Waals surface area (Å²) in [7, 11) is 4.30. The molecule has 0 unspecified atom stereocenters. The van der Waals surface area contributed by atoms with Gasteiger partial charge < -0.3 is 19.4 Å². The number of nitrogens with zero attached hydrogens (tertiary/aromatic N) is 4. The second-order valence-electron chi connectivity index (χ2n) is 4.11. The minimum absolute atomic E-state index is 0.140. The molecule has 1 aliphatic rings. The topological polar surface area (TPSA) is 85.1 Å². The molecule has 0 spiro atoms. The number of carbonyl (C=O) groups excluding carboxylic acids is 1. The zero-order valence-corrected chi connectivity index (χ0v) is 12.3. The summed E-state index contributed by atoms with van der Waals surface area (Å²) in [6.07, 6.45) is 1.36. The SMILES string of the molecule is CON=C1CCN(C(=O)C(=N/OC)/C(C)=N/OC)CC1. The molecule has 0 N–H and O–H groups in total. The van der Waals surface area contributed by atoms with E-state index in [1.54, 1.807) is 11.8 Å². The number of hydrogen-bond acceptors (Lipinski definition) is 7. The van der Waals surface area contributed by atoms with Gasteiger partial charge in [0.2, 0.25) is 0 Å². The molecule has 0 aromatic carbocycles. The summed E-state index contributed by atoms with van der Waals surface area (Å²) >= 11 is 0. The molecule has 112 valence electrons. The van der Waals surface area contributed by atoms with Crippen LogP contribution in [0.15, 0.2) is 15.5 Å². The van der Waals surface area contributed by atoms with Crippen LogP contribution in [0.2, 0.25) is 0 Å². The molecule has 1 amide bonds. The smallest absolute Gasteiger partial charge is 0.277 e. The maximum atomic E-state index is 12.4. The summed E-state index contributed by atoms with van der Waals surface area (Å²) in [5.74, 6) is -0.235. The number of rotatable bonds is 5. The van der Waals surface area contributed by atoms with Crippen LogP contribution in [-0.2, 0) is 19.3 Å². The molecule has 0 bridgehead atoms. The normalized spacial score (nSPS) is 16.8. The molecule has 8 nitrogen and oxygen atoms in total. The van der Waals surface area contributed by atoms with Crippen molar-refractivity contribution < 1.29 is 19.3 Å². The largest absolute Gasteiger partial charge is 0.399 e. The first-order chi connectivity index (χ1) is 9.63. The van der Waals surface area contributed by atoms with E-state index in [4.69, 9.17) is 9.68 Å². The fourth-order valence-corrected chi connectivity index (χ4v) is 1.87. The molecule has 0 radical (unpaired) electrons. The first-order valence-electron chi connectivity index (χ1n) is 6.21. The summed E-state index contributed by atoms with van der Waals surface area (Å²) in [6.45, 7) is 2.76.